The fourth-order valence-electron chi connectivity index (χ4n) is 6.75. The Morgan fingerprint density at radius 3 is 2.64 bits per heavy atom. The number of unbranched alkanes of at least 4 members (excludes halogenated alkanes) is 1. The van der Waals surface area contributed by atoms with Crippen molar-refractivity contribution < 1.29 is 53.1 Å². The van der Waals surface area contributed by atoms with Crippen LogP contribution in [0.2, 0.25) is 0 Å². The Bertz CT molecular complexity index is 1670. The fraction of sp³-hybridized carbons (Fsp3) is 0.600. The van der Waals surface area contributed by atoms with Gasteiger partial charge in [-0.05, 0) is 67.5 Å². The largest absolute Gasteiger partial charge is 0.508 e. The predicted octanol–water partition coefficient (Wildman–Crippen LogP) is 3.71. The second kappa shape index (κ2) is 21.5. The number of H-pyrrole nitrogens is 1. The van der Waals surface area contributed by atoms with Gasteiger partial charge < -0.3 is 48.3 Å². The molecule has 2 aromatic carbocycles. The molecule has 306 valence electrons. The number of nitrogens with one attached hydrogen (secondary N) is 2. The smallest absolute Gasteiger partial charge is 0.497 e. The zero-order valence-electron chi connectivity index (χ0n) is 31.3. The molecule has 2 aliphatic heterocycles. The second-order valence-corrected chi connectivity index (χ2v) is 13.2. The molecule has 0 radical (unpaired) electrons. The normalized spacial score (nSPS) is 18.8. The van der Waals surface area contributed by atoms with Crippen molar-refractivity contribution >= 4 is 11.8 Å². The molecule has 0 bridgehead atoms. The number of anilines is 1. The van der Waals surface area contributed by atoms with E-state index in [4.69, 9.17) is 28.4 Å². The molecule has 21 heteroatoms. The number of ether oxygens (including phenoxy) is 6. The summed E-state index contributed by atoms with van der Waals surface area (Å²) in [6.45, 7) is 3.20. The average molecular weight is 789 g/mol. The summed E-state index contributed by atoms with van der Waals surface area (Å²) in [5, 5.41) is 36.8. The Hall–Kier alpha value is -5.54. The van der Waals surface area contributed by atoms with Gasteiger partial charge in [-0.25, -0.2) is 4.79 Å². The van der Waals surface area contributed by atoms with Gasteiger partial charge >= 0.3 is 6.16 Å². The maximum atomic E-state index is 12.8. The van der Waals surface area contributed by atoms with Gasteiger partial charge in [0.15, 0.2) is 6.10 Å². The van der Waals surface area contributed by atoms with E-state index in [0.717, 1.165) is 47.8 Å². The highest BCUT2D eigenvalue weighted by molar-refractivity contribution is 5.61. The van der Waals surface area contributed by atoms with Gasteiger partial charge in [0.1, 0.15) is 30.8 Å². The number of carbonyl (C=O) groups excluding carboxylic acids is 1. The number of rotatable bonds is 23. The highest BCUT2D eigenvalue weighted by atomic mass is 17.0. The Morgan fingerprint density at radius 1 is 1.07 bits per heavy atom. The Labute approximate surface area is 322 Å². The fourth-order valence-corrected chi connectivity index (χ4v) is 6.75. The SMILES string of the molecule is COCCCN1CCOc2ccc(COC3CNC(CC(OC(=O)OCCCCC(CO[N+](=O)[O-])O[N+](=O)[O-])c4nn[nH]n4)CC3c3ccc(OC)cc3)cc21. The minimum absolute atomic E-state index is 0.0320. The molecule has 1 fully saturated rings. The molecule has 0 aliphatic carbocycles. The highest BCUT2D eigenvalue weighted by Crippen LogP contribution is 2.36. The number of aromatic amines is 1. The van der Waals surface area contributed by atoms with Gasteiger partial charge in [-0.1, -0.05) is 23.4 Å². The highest BCUT2D eigenvalue weighted by Gasteiger charge is 2.35. The number of hydrogen-bond donors (Lipinski definition) is 2. The minimum atomic E-state index is -1.15. The van der Waals surface area contributed by atoms with Crippen molar-refractivity contribution in [2.24, 2.45) is 0 Å². The number of nitrogens with zero attached hydrogens (tertiary/aromatic N) is 6. The molecule has 1 saturated heterocycles. The lowest BCUT2D eigenvalue weighted by molar-refractivity contribution is -0.790. The zero-order valence-corrected chi connectivity index (χ0v) is 31.3. The van der Waals surface area contributed by atoms with Gasteiger partial charge in [-0.2, -0.15) is 5.21 Å². The lowest BCUT2D eigenvalue weighted by Gasteiger charge is -2.38. The van der Waals surface area contributed by atoms with Crippen LogP contribution in [-0.4, -0.2) is 115 Å². The maximum Gasteiger partial charge on any atom is 0.508 e. The molecular weight excluding hydrogens is 740 g/mol. The van der Waals surface area contributed by atoms with Crippen LogP contribution >= 0.6 is 0 Å². The number of tetrazole rings is 1. The molecule has 2 aliphatic rings. The summed E-state index contributed by atoms with van der Waals surface area (Å²) in [6, 6.07) is 13.9. The minimum Gasteiger partial charge on any atom is -0.497 e. The monoisotopic (exact) mass is 788 g/mol. The third kappa shape index (κ3) is 12.8. The number of benzene rings is 2. The van der Waals surface area contributed by atoms with Gasteiger partial charge in [0.05, 0.1) is 38.7 Å². The molecule has 3 heterocycles. The van der Waals surface area contributed by atoms with Crippen molar-refractivity contribution in [1.29, 1.82) is 0 Å². The van der Waals surface area contributed by atoms with E-state index in [0.29, 0.717) is 39.2 Å². The number of methoxy groups -OCH3 is 2. The lowest BCUT2D eigenvalue weighted by Crippen LogP contribution is -2.47. The first-order valence-electron chi connectivity index (χ1n) is 18.4. The molecule has 3 aromatic rings. The Balaban J connectivity index is 1.19. The maximum absolute atomic E-state index is 12.8. The van der Waals surface area contributed by atoms with Gasteiger partial charge in [-0.15, -0.1) is 30.4 Å². The third-order valence-corrected chi connectivity index (χ3v) is 9.49. The first kappa shape index (κ1) is 41.6. The quantitative estimate of drug-likeness (QED) is 0.0601. The van der Waals surface area contributed by atoms with E-state index < -0.39 is 35.1 Å². The molecule has 1 aromatic heterocycles. The molecular formula is C35H48N8O13. The van der Waals surface area contributed by atoms with Crippen molar-refractivity contribution in [2.75, 3.05) is 65.2 Å². The topological polar surface area (TPSA) is 247 Å². The molecule has 5 rings (SSSR count). The molecule has 2 N–H and O–H groups in total. The molecule has 56 heavy (non-hydrogen) atoms. The number of fused-ring (bicyclic) bond motifs is 1. The van der Waals surface area contributed by atoms with E-state index >= 15 is 0 Å². The number of carbonyl (C=O) groups is 1. The van der Waals surface area contributed by atoms with E-state index in [-0.39, 0.29) is 49.8 Å². The standard InChI is InChI=1S/C35H48N8O13/c1-49-15-5-13-41-14-17-51-31-12-7-24(18-30(31)41)22-53-33-21-36-26(19-29(33)25-8-10-27(50-2)11-9-25)20-32(34-37-39-40-38-34)55-35(44)52-16-4-3-6-28(56-43(47)48)23-54-42(45)46/h7-12,18,26,28-29,32-33,36H,3-6,13-17,19-23H2,1-2H3,(H,37,38,39,40). The van der Waals surface area contributed by atoms with Crippen LogP contribution in [0, 0.1) is 20.2 Å². The molecule has 0 saturated carbocycles. The predicted molar refractivity (Wildman–Crippen MR) is 194 cm³/mol. The van der Waals surface area contributed by atoms with Crippen LogP contribution in [0.15, 0.2) is 42.5 Å². The number of hydrogen-bond acceptors (Lipinski definition) is 18. The molecule has 0 spiro atoms. The van der Waals surface area contributed by atoms with Gasteiger partial charge in [0, 0.05) is 45.2 Å². The summed E-state index contributed by atoms with van der Waals surface area (Å²) in [7, 11) is 3.33. The number of aromatic nitrogens is 4. The van der Waals surface area contributed by atoms with Crippen LogP contribution in [0.3, 0.4) is 0 Å². The summed E-state index contributed by atoms with van der Waals surface area (Å²) in [5.74, 6) is 1.73. The van der Waals surface area contributed by atoms with E-state index in [1.807, 2.05) is 36.4 Å². The Morgan fingerprint density at radius 2 is 1.91 bits per heavy atom. The molecule has 0 amide bonds. The van der Waals surface area contributed by atoms with Crippen LogP contribution in [0.5, 0.6) is 11.5 Å². The summed E-state index contributed by atoms with van der Waals surface area (Å²) in [6.07, 6.45) is -0.759. The summed E-state index contributed by atoms with van der Waals surface area (Å²) >= 11 is 0. The molecule has 21 nitrogen and oxygen atoms in total. The van der Waals surface area contributed by atoms with E-state index in [2.05, 4.69) is 46.6 Å². The van der Waals surface area contributed by atoms with Crippen LogP contribution < -0.4 is 19.7 Å². The van der Waals surface area contributed by atoms with Crippen molar-refractivity contribution in [3.05, 3.63) is 79.6 Å². The summed E-state index contributed by atoms with van der Waals surface area (Å²) in [5.41, 5.74) is 3.14. The third-order valence-electron chi connectivity index (χ3n) is 9.49. The summed E-state index contributed by atoms with van der Waals surface area (Å²) < 4.78 is 34.1. The second-order valence-electron chi connectivity index (χ2n) is 13.2. The number of piperidine rings is 1. The van der Waals surface area contributed by atoms with E-state index in [1.54, 1.807) is 14.2 Å². The first-order valence-corrected chi connectivity index (χ1v) is 18.4. The van der Waals surface area contributed by atoms with Crippen molar-refractivity contribution in [3.63, 3.8) is 0 Å². The van der Waals surface area contributed by atoms with Gasteiger partial charge in [0.2, 0.25) is 5.82 Å². The van der Waals surface area contributed by atoms with Crippen LogP contribution in [0.4, 0.5) is 10.5 Å². The van der Waals surface area contributed by atoms with Crippen LogP contribution in [0.1, 0.15) is 67.5 Å². The van der Waals surface area contributed by atoms with Crippen LogP contribution in [0.25, 0.3) is 0 Å². The van der Waals surface area contributed by atoms with Crippen molar-refractivity contribution in [2.45, 2.75) is 75.4 Å². The van der Waals surface area contributed by atoms with Crippen LogP contribution in [-0.2, 0) is 35.2 Å². The average Bonchev–Trinajstić information content (AvgIpc) is 3.74. The first-order chi connectivity index (χ1) is 27.2. The van der Waals surface area contributed by atoms with Crippen molar-refractivity contribution in [3.8, 4) is 11.5 Å². The lowest BCUT2D eigenvalue weighted by atomic mass is 9.82. The van der Waals surface area contributed by atoms with Gasteiger partial charge in [-0.3, -0.25) is 0 Å². The molecule has 5 atom stereocenters. The Kier molecular flexibility index (Phi) is 16.0. The van der Waals surface area contributed by atoms with Gasteiger partial charge in [0.25, 0.3) is 10.2 Å². The van der Waals surface area contributed by atoms with Crippen molar-refractivity contribution in [1.82, 2.24) is 25.9 Å². The zero-order chi connectivity index (χ0) is 39.7. The van der Waals surface area contributed by atoms with E-state index in [1.165, 1.54) is 0 Å². The molecule has 5 unspecified atom stereocenters. The van der Waals surface area contributed by atoms with E-state index in [9.17, 15) is 25.0 Å². The summed E-state index contributed by atoms with van der Waals surface area (Å²) in [4.78, 5) is 44.9.